The van der Waals surface area contributed by atoms with Gasteiger partial charge in [-0.1, -0.05) is 12.1 Å². The molecule has 0 radical (unpaired) electrons. The molecule has 1 aliphatic rings. The number of carbonyl (C=O) groups is 1. The van der Waals surface area contributed by atoms with Gasteiger partial charge in [0.2, 0.25) is 0 Å². The summed E-state index contributed by atoms with van der Waals surface area (Å²) in [6.45, 7) is 0. The van der Waals surface area contributed by atoms with E-state index in [1.54, 1.807) is 6.07 Å². The third-order valence-electron chi connectivity index (χ3n) is 4.61. The van der Waals surface area contributed by atoms with Crippen molar-refractivity contribution in [1.29, 1.82) is 0 Å². The highest BCUT2D eigenvalue weighted by atomic mass is 35.5. The molecule has 2 aromatic rings. The van der Waals surface area contributed by atoms with Crippen molar-refractivity contribution in [2.75, 3.05) is 0 Å². The maximum absolute atomic E-state index is 11.6. The number of hydrogen-bond acceptors (Lipinski definition) is 3. The minimum atomic E-state index is -1.02. The molecule has 0 heterocycles. The van der Waals surface area contributed by atoms with Crippen LogP contribution in [0, 0.1) is 0 Å². The number of halogens is 2. The summed E-state index contributed by atoms with van der Waals surface area (Å²) in [5, 5.41) is 9.47. The van der Waals surface area contributed by atoms with Gasteiger partial charge in [0.05, 0.1) is 16.9 Å². The summed E-state index contributed by atoms with van der Waals surface area (Å²) in [7, 11) is 0. The molecule has 0 saturated heterocycles. The zero-order valence-electron chi connectivity index (χ0n) is 15.5. The molecule has 8 nitrogen and oxygen atoms in total. The van der Waals surface area contributed by atoms with E-state index in [2.05, 4.69) is 9.98 Å². The Kier molecular flexibility index (Phi) is 8.29. The Morgan fingerprint density at radius 2 is 1.59 bits per heavy atom. The lowest BCUT2D eigenvalue weighted by Gasteiger charge is -2.27. The van der Waals surface area contributed by atoms with E-state index in [4.69, 9.17) is 22.9 Å². The minimum absolute atomic E-state index is 0. The van der Waals surface area contributed by atoms with Gasteiger partial charge in [0, 0.05) is 5.92 Å². The first-order valence-electron chi connectivity index (χ1n) is 8.54. The lowest BCUT2D eigenvalue weighted by Crippen LogP contribution is -2.22. The Morgan fingerprint density at radius 1 is 0.966 bits per heavy atom. The Bertz CT molecular complexity index is 936. The molecule has 0 bridgehead atoms. The summed E-state index contributed by atoms with van der Waals surface area (Å²) in [5.41, 5.74) is 26.2. The van der Waals surface area contributed by atoms with E-state index in [0.717, 1.165) is 36.0 Å². The van der Waals surface area contributed by atoms with Gasteiger partial charge in [0.25, 0.3) is 0 Å². The van der Waals surface area contributed by atoms with E-state index < -0.39 is 5.97 Å². The maximum Gasteiger partial charge on any atom is 0.335 e. The molecule has 2 aromatic carbocycles. The van der Waals surface area contributed by atoms with Crippen molar-refractivity contribution in [2.24, 2.45) is 32.9 Å². The Morgan fingerprint density at radius 3 is 2.14 bits per heavy atom. The number of aromatic carboxylic acids is 1. The second kappa shape index (κ2) is 9.99. The van der Waals surface area contributed by atoms with Gasteiger partial charge in [-0.3, -0.25) is 0 Å². The van der Waals surface area contributed by atoms with Gasteiger partial charge in [-0.15, -0.1) is 24.8 Å². The van der Waals surface area contributed by atoms with Crippen molar-refractivity contribution in [2.45, 2.75) is 25.2 Å². The molecule has 1 atom stereocenters. The molecule has 0 aromatic heterocycles. The molecule has 0 spiro atoms. The average molecular weight is 439 g/mol. The molecule has 1 aliphatic carbocycles. The highest BCUT2D eigenvalue weighted by Gasteiger charge is 2.26. The minimum Gasteiger partial charge on any atom is -0.478 e. The largest absolute Gasteiger partial charge is 0.478 e. The van der Waals surface area contributed by atoms with Crippen LogP contribution in [-0.4, -0.2) is 23.0 Å². The number of guanidine groups is 2. The fraction of sp³-hybridized carbons (Fsp3) is 0.211. The van der Waals surface area contributed by atoms with Gasteiger partial charge >= 0.3 is 5.97 Å². The van der Waals surface area contributed by atoms with Gasteiger partial charge in [-0.2, -0.15) is 0 Å². The molecule has 0 fully saturated rings. The van der Waals surface area contributed by atoms with Crippen LogP contribution in [0.3, 0.4) is 0 Å². The van der Waals surface area contributed by atoms with Crippen LogP contribution in [0.4, 0.5) is 11.4 Å². The number of fused-ring (bicyclic) bond motifs is 1. The van der Waals surface area contributed by atoms with Crippen LogP contribution in [0.1, 0.15) is 45.8 Å². The van der Waals surface area contributed by atoms with Crippen molar-refractivity contribution in [3.05, 3.63) is 58.7 Å². The summed E-state index contributed by atoms with van der Waals surface area (Å²) < 4.78 is 0. The number of nitrogens with two attached hydrogens (primary N) is 4. The topological polar surface area (TPSA) is 166 Å². The van der Waals surface area contributed by atoms with Gasteiger partial charge < -0.3 is 28.0 Å². The highest BCUT2D eigenvalue weighted by Crippen LogP contribution is 2.41. The van der Waals surface area contributed by atoms with Gasteiger partial charge in [-0.25, -0.2) is 14.8 Å². The van der Waals surface area contributed by atoms with Crippen molar-refractivity contribution in [3.8, 4) is 0 Å². The summed E-state index contributed by atoms with van der Waals surface area (Å²) in [6.07, 6.45) is 2.65. The normalized spacial score (nSPS) is 14.4. The second-order valence-electron chi connectivity index (χ2n) is 6.48. The van der Waals surface area contributed by atoms with E-state index in [1.165, 1.54) is 6.07 Å². The highest BCUT2D eigenvalue weighted by molar-refractivity contribution is 5.90. The van der Waals surface area contributed by atoms with Crippen molar-refractivity contribution < 1.29 is 9.90 Å². The SMILES string of the molecule is Cl.Cl.NC(N)=Nc1ccc(C2CCCc3c(N=C(N)N)cc(C(=O)O)cc32)cc1. The van der Waals surface area contributed by atoms with E-state index in [-0.39, 0.29) is 48.2 Å². The Hall–Kier alpha value is -2.97. The lowest BCUT2D eigenvalue weighted by molar-refractivity contribution is 0.0696. The molecule has 9 N–H and O–H groups in total. The molecule has 29 heavy (non-hydrogen) atoms. The van der Waals surface area contributed by atoms with E-state index in [9.17, 15) is 9.90 Å². The van der Waals surface area contributed by atoms with Crippen LogP contribution in [0.5, 0.6) is 0 Å². The third kappa shape index (κ3) is 5.52. The zero-order valence-corrected chi connectivity index (χ0v) is 17.2. The maximum atomic E-state index is 11.6. The van der Waals surface area contributed by atoms with Crippen LogP contribution in [0.2, 0.25) is 0 Å². The third-order valence-corrected chi connectivity index (χ3v) is 4.61. The smallest absolute Gasteiger partial charge is 0.335 e. The molecule has 0 aliphatic heterocycles. The first kappa shape index (κ1) is 24.1. The van der Waals surface area contributed by atoms with Crippen LogP contribution >= 0.6 is 24.8 Å². The quantitative estimate of drug-likeness (QED) is 0.363. The number of aliphatic imine (C=N–C) groups is 2. The van der Waals surface area contributed by atoms with E-state index >= 15 is 0 Å². The second-order valence-corrected chi connectivity index (χ2v) is 6.48. The fourth-order valence-corrected chi connectivity index (χ4v) is 3.54. The molecule has 156 valence electrons. The van der Waals surface area contributed by atoms with Crippen LogP contribution < -0.4 is 22.9 Å². The summed E-state index contributed by atoms with van der Waals surface area (Å²) >= 11 is 0. The van der Waals surface area contributed by atoms with Gasteiger partial charge in [0.1, 0.15) is 0 Å². The monoisotopic (exact) mass is 438 g/mol. The molecule has 1 unspecified atom stereocenters. The van der Waals surface area contributed by atoms with E-state index in [1.807, 2.05) is 24.3 Å². The van der Waals surface area contributed by atoms with Crippen molar-refractivity contribution >= 4 is 54.1 Å². The summed E-state index contributed by atoms with van der Waals surface area (Å²) in [6, 6.07) is 10.8. The molecule has 0 saturated carbocycles. The number of hydrogen-bond donors (Lipinski definition) is 5. The number of benzene rings is 2. The van der Waals surface area contributed by atoms with E-state index in [0.29, 0.717) is 11.4 Å². The predicted octanol–water partition coefficient (Wildman–Crippen LogP) is 2.51. The standard InChI is InChI=1S/C19H22N6O2.2ClH/c20-18(21)24-12-6-4-10(5-7-12)13-2-1-3-14-15(13)8-11(17(26)27)9-16(14)25-19(22)23;;/h4-9,13H,1-3H2,(H,26,27)(H4,20,21,24)(H4,22,23,25);2*1H. The lowest BCUT2D eigenvalue weighted by atomic mass is 9.77. The summed E-state index contributed by atoms with van der Waals surface area (Å²) in [5.74, 6) is -1.06. The van der Waals surface area contributed by atoms with Crippen molar-refractivity contribution in [1.82, 2.24) is 0 Å². The fourth-order valence-electron chi connectivity index (χ4n) is 3.54. The Balaban J connectivity index is 0.00000210. The molecular weight excluding hydrogens is 415 g/mol. The number of nitrogens with zero attached hydrogens (tertiary/aromatic N) is 2. The Labute approximate surface area is 180 Å². The molecule has 3 rings (SSSR count). The first-order valence-corrected chi connectivity index (χ1v) is 8.54. The van der Waals surface area contributed by atoms with Crippen LogP contribution in [0.25, 0.3) is 0 Å². The van der Waals surface area contributed by atoms with Gasteiger partial charge in [0.15, 0.2) is 11.9 Å². The molecule has 0 amide bonds. The molecular formula is C19H24Cl2N6O2. The number of carboxylic acid groups (broad SMARTS) is 1. The first-order chi connectivity index (χ1) is 12.8. The summed E-state index contributed by atoms with van der Waals surface area (Å²) in [4.78, 5) is 19.7. The van der Waals surface area contributed by atoms with Crippen molar-refractivity contribution in [3.63, 3.8) is 0 Å². The average Bonchev–Trinajstić information content (AvgIpc) is 2.61. The predicted molar refractivity (Wildman–Crippen MR) is 120 cm³/mol. The van der Waals surface area contributed by atoms with Gasteiger partial charge in [-0.05, 0) is 60.2 Å². The van der Waals surface area contributed by atoms with Crippen LogP contribution in [-0.2, 0) is 6.42 Å². The van der Waals surface area contributed by atoms with Crippen LogP contribution in [0.15, 0.2) is 46.4 Å². The number of rotatable bonds is 4. The zero-order chi connectivity index (χ0) is 19.6. The molecule has 10 heteroatoms. The number of carboxylic acids is 1.